The van der Waals surface area contributed by atoms with Crippen LogP contribution in [0.1, 0.15) is 89.1 Å². The van der Waals surface area contributed by atoms with Gasteiger partial charge >= 0.3 is 0 Å². The van der Waals surface area contributed by atoms with E-state index < -0.39 is 0 Å². The Labute approximate surface area is 209 Å². The molecule has 0 spiro atoms. The Morgan fingerprint density at radius 1 is 1.09 bits per heavy atom. The van der Waals surface area contributed by atoms with Gasteiger partial charge in [0.1, 0.15) is 5.82 Å². The number of carbonyl (C=O) groups excluding carboxylic acids is 1. The molecule has 1 aliphatic rings. The lowest BCUT2D eigenvalue weighted by atomic mass is 10.0. The summed E-state index contributed by atoms with van der Waals surface area (Å²) in [7, 11) is 0. The number of hydrogen-bond acceptors (Lipinski definition) is 3. The molecule has 0 bridgehead atoms. The van der Waals surface area contributed by atoms with Crippen LogP contribution >= 0.6 is 0 Å². The number of aromatic nitrogens is 2. The van der Waals surface area contributed by atoms with Crippen LogP contribution in [0.5, 0.6) is 0 Å². The molecule has 5 nitrogen and oxygen atoms in total. The van der Waals surface area contributed by atoms with Gasteiger partial charge in [-0.05, 0) is 56.4 Å². The van der Waals surface area contributed by atoms with Crippen molar-refractivity contribution in [2.45, 2.75) is 84.6 Å². The molecule has 4 rings (SSSR count). The van der Waals surface area contributed by atoms with Crippen molar-refractivity contribution in [3.05, 3.63) is 70.3 Å². The molecule has 1 fully saturated rings. The van der Waals surface area contributed by atoms with Gasteiger partial charge in [-0.1, -0.05) is 75.8 Å². The Bertz CT molecular complexity index is 1190. The zero-order chi connectivity index (χ0) is 24.8. The molecule has 186 valence electrons. The van der Waals surface area contributed by atoms with Crippen molar-refractivity contribution in [1.82, 2.24) is 14.5 Å². The maximum Gasteiger partial charge on any atom is 0.266 e. The highest BCUT2D eigenvalue weighted by Crippen LogP contribution is 2.31. The van der Waals surface area contributed by atoms with Crippen molar-refractivity contribution < 1.29 is 4.79 Å². The van der Waals surface area contributed by atoms with Crippen LogP contribution in [0.3, 0.4) is 0 Å². The molecule has 2 aromatic carbocycles. The standard InChI is InChI=1S/C30H39N3O2/c1-4-6-21-32(28(34)20-17-23-11-7-8-12-23)27(5-2)29-31-26-14-10-9-13-25(26)30(35)33(29)24-18-15-22(3)16-19-24/h9-10,13-16,18-19,23,27H,4-8,11-12,17,20-21H2,1-3H3. The predicted octanol–water partition coefficient (Wildman–Crippen LogP) is 6.74. The lowest BCUT2D eigenvalue weighted by Crippen LogP contribution is -2.39. The largest absolute Gasteiger partial charge is 0.333 e. The predicted molar refractivity (Wildman–Crippen MR) is 143 cm³/mol. The Balaban J connectivity index is 1.79. The van der Waals surface area contributed by atoms with E-state index >= 15 is 0 Å². The van der Waals surface area contributed by atoms with E-state index in [0.29, 0.717) is 42.0 Å². The van der Waals surface area contributed by atoms with E-state index in [1.54, 1.807) is 4.57 Å². The van der Waals surface area contributed by atoms with Gasteiger partial charge in [-0.15, -0.1) is 0 Å². The summed E-state index contributed by atoms with van der Waals surface area (Å²) >= 11 is 0. The summed E-state index contributed by atoms with van der Waals surface area (Å²) in [4.78, 5) is 34.4. The molecule has 1 saturated carbocycles. The Hall–Kier alpha value is -2.95. The van der Waals surface area contributed by atoms with Gasteiger partial charge in [0.2, 0.25) is 5.91 Å². The summed E-state index contributed by atoms with van der Waals surface area (Å²) in [6, 6.07) is 15.2. The lowest BCUT2D eigenvalue weighted by Gasteiger charge is -2.33. The first-order chi connectivity index (χ1) is 17.0. The third-order valence-corrected chi connectivity index (χ3v) is 7.47. The third-order valence-electron chi connectivity index (χ3n) is 7.47. The van der Waals surface area contributed by atoms with Crippen molar-refractivity contribution >= 4 is 16.8 Å². The average molecular weight is 474 g/mol. The fourth-order valence-corrected chi connectivity index (χ4v) is 5.41. The molecule has 35 heavy (non-hydrogen) atoms. The third kappa shape index (κ3) is 5.66. The molecule has 5 heteroatoms. The summed E-state index contributed by atoms with van der Waals surface area (Å²) in [6.45, 7) is 6.97. The number of rotatable bonds is 10. The van der Waals surface area contributed by atoms with Gasteiger partial charge in [0.25, 0.3) is 5.56 Å². The highest BCUT2D eigenvalue weighted by molar-refractivity contribution is 5.79. The second-order valence-corrected chi connectivity index (χ2v) is 10.0. The number of nitrogens with zero attached hydrogens (tertiary/aromatic N) is 3. The second kappa shape index (κ2) is 11.7. The highest BCUT2D eigenvalue weighted by atomic mass is 16.2. The van der Waals surface area contributed by atoms with E-state index in [9.17, 15) is 9.59 Å². The van der Waals surface area contributed by atoms with Crippen molar-refractivity contribution in [2.24, 2.45) is 5.92 Å². The molecule has 3 aromatic rings. The minimum Gasteiger partial charge on any atom is -0.333 e. The Morgan fingerprint density at radius 3 is 2.49 bits per heavy atom. The number of unbranched alkanes of at least 4 members (excludes halogenated alkanes) is 1. The summed E-state index contributed by atoms with van der Waals surface area (Å²) in [5.41, 5.74) is 2.53. The number of aryl methyl sites for hydroxylation is 1. The van der Waals surface area contributed by atoms with E-state index in [1.165, 1.54) is 25.7 Å². The van der Waals surface area contributed by atoms with Crippen molar-refractivity contribution in [3.63, 3.8) is 0 Å². The molecule has 1 aliphatic carbocycles. The van der Waals surface area contributed by atoms with Gasteiger partial charge in [0.15, 0.2) is 0 Å². The molecule has 1 heterocycles. The normalized spacial score (nSPS) is 14.9. The Kier molecular flexibility index (Phi) is 8.37. The fraction of sp³-hybridized carbons (Fsp3) is 0.500. The number of para-hydroxylation sites is 1. The molecule has 1 aromatic heterocycles. The molecule has 1 atom stereocenters. The van der Waals surface area contributed by atoms with Gasteiger partial charge in [-0.2, -0.15) is 0 Å². The first-order valence-electron chi connectivity index (χ1n) is 13.4. The van der Waals surface area contributed by atoms with E-state index in [2.05, 4.69) is 13.8 Å². The van der Waals surface area contributed by atoms with E-state index in [-0.39, 0.29) is 17.5 Å². The van der Waals surface area contributed by atoms with Crippen LogP contribution in [0.4, 0.5) is 0 Å². The first kappa shape index (κ1) is 25.2. The molecular weight excluding hydrogens is 434 g/mol. The summed E-state index contributed by atoms with van der Waals surface area (Å²) in [5.74, 6) is 1.53. The van der Waals surface area contributed by atoms with Crippen molar-refractivity contribution in [3.8, 4) is 5.69 Å². The van der Waals surface area contributed by atoms with E-state index in [0.717, 1.165) is 30.5 Å². The van der Waals surface area contributed by atoms with Crippen LogP contribution in [0, 0.1) is 12.8 Å². The molecular formula is C30H39N3O2. The summed E-state index contributed by atoms with van der Waals surface area (Å²) in [6.07, 6.45) is 9.28. The van der Waals surface area contributed by atoms with E-state index in [1.807, 2.05) is 60.4 Å². The number of amides is 1. The zero-order valence-electron chi connectivity index (χ0n) is 21.5. The molecule has 1 amide bonds. The SMILES string of the molecule is CCCCN(C(=O)CCC1CCCC1)C(CC)c1nc2ccccc2c(=O)n1-c1ccc(C)cc1. The monoisotopic (exact) mass is 473 g/mol. The second-order valence-electron chi connectivity index (χ2n) is 10.0. The lowest BCUT2D eigenvalue weighted by molar-refractivity contribution is -0.134. The zero-order valence-corrected chi connectivity index (χ0v) is 21.5. The van der Waals surface area contributed by atoms with Crippen LogP contribution < -0.4 is 5.56 Å². The van der Waals surface area contributed by atoms with Crippen molar-refractivity contribution in [1.29, 1.82) is 0 Å². The van der Waals surface area contributed by atoms with Crippen LogP contribution in [-0.2, 0) is 4.79 Å². The Morgan fingerprint density at radius 2 is 1.80 bits per heavy atom. The van der Waals surface area contributed by atoms with Crippen LogP contribution in [0.2, 0.25) is 0 Å². The van der Waals surface area contributed by atoms with Crippen LogP contribution in [-0.4, -0.2) is 26.9 Å². The smallest absolute Gasteiger partial charge is 0.266 e. The number of hydrogen-bond donors (Lipinski definition) is 0. The van der Waals surface area contributed by atoms with Crippen LogP contribution in [0.15, 0.2) is 53.3 Å². The van der Waals surface area contributed by atoms with Gasteiger partial charge in [0.05, 0.1) is 22.6 Å². The van der Waals surface area contributed by atoms with Crippen molar-refractivity contribution in [2.75, 3.05) is 6.54 Å². The molecule has 0 saturated heterocycles. The van der Waals surface area contributed by atoms with Gasteiger partial charge in [-0.25, -0.2) is 4.98 Å². The maximum absolute atomic E-state index is 13.8. The molecule has 0 N–H and O–H groups in total. The number of fused-ring (bicyclic) bond motifs is 1. The quantitative estimate of drug-likeness (QED) is 0.327. The highest BCUT2D eigenvalue weighted by Gasteiger charge is 2.29. The van der Waals surface area contributed by atoms with Gasteiger partial charge in [-0.3, -0.25) is 14.2 Å². The fourth-order valence-electron chi connectivity index (χ4n) is 5.41. The molecule has 0 aliphatic heterocycles. The average Bonchev–Trinajstić information content (AvgIpc) is 3.40. The molecule has 1 unspecified atom stereocenters. The van der Waals surface area contributed by atoms with Gasteiger partial charge in [0, 0.05) is 13.0 Å². The topological polar surface area (TPSA) is 55.2 Å². The number of benzene rings is 2. The molecule has 0 radical (unpaired) electrons. The maximum atomic E-state index is 13.8. The van der Waals surface area contributed by atoms with E-state index in [4.69, 9.17) is 4.98 Å². The minimum absolute atomic E-state index is 0.0817. The summed E-state index contributed by atoms with van der Waals surface area (Å²) < 4.78 is 1.74. The first-order valence-corrected chi connectivity index (χ1v) is 13.4. The van der Waals surface area contributed by atoms with Gasteiger partial charge < -0.3 is 4.90 Å². The van der Waals surface area contributed by atoms with Crippen LogP contribution in [0.25, 0.3) is 16.6 Å². The summed E-state index contributed by atoms with van der Waals surface area (Å²) in [5, 5.41) is 0.597. The number of carbonyl (C=O) groups is 1. The minimum atomic E-state index is -0.253.